The van der Waals surface area contributed by atoms with Crippen molar-refractivity contribution in [2.45, 2.75) is 39.5 Å². The summed E-state index contributed by atoms with van der Waals surface area (Å²) in [6.07, 6.45) is 1.03. The largest absolute Gasteiger partial charge is 0.484 e. The summed E-state index contributed by atoms with van der Waals surface area (Å²) in [4.78, 5) is 24.8. The fourth-order valence-corrected chi connectivity index (χ4v) is 3.00. The van der Waals surface area contributed by atoms with Crippen molar-refractivity contribution < 1.29 is 19.4 Å². The van der Waals surface area contributed by atoms with E-state index in [1.54, 1.807) is 4.90 Å². The van der Waals surface area contributed by atoms with Gasteiger partial charge >= 0.3 is 5.97 Å². The molecule has 1 aliphatic heterocycles. The van der Waals surface area contributed by atoms with Gasteiger partial charge in [0.15, 0.2) is 6.61 Å². The van der Waals surface area contributed by atoms with Crippen molar-refractivity contribution in [2.75, 3.05) is 19.7 Å². The molecule has 1 N–H and O–H groups in total. The molecule has 5 nitrogen and oxygen atoms in total. The Morgan fingerprint density at radius 1 is 1.30 bits per heavy atom. The van der Waals surface area contributed by atoms with Crippen LogP contribution in [0.2, 0.25) is 0 Å². The highest BCUT2D eigenvalue weighted by Gasteiger charge is 2.27. The molecular formula is C18H25NO4. The molecule has 1 fully saturated rings. The molecule has 23 heavy (non-hydrogen) atoms. The Bertz CT molecular complexity index is 574. The predicted octanol–water partition coefficient (Wildman–Crippen LogP) is 2.82. The number of hydrogen-bond acceptors (Lipinski definition) is 3. The molecule has 0 bridgehead atoms. The van der Waals surface area contributed by atoms with E-state index in [1.165, 1.54) is 5.56 Å². The first kappa shape index (κ1) is 17.3. The van der Waals surface area contributed by atoms with E-state index in [0.29, 0.717) is 37.6 Å². The molecule has 0 saturated carbocycles. The highest BCUT2D eigenvalue weighted by Crippen LogP contribution is 2.23. The Morgan fingerprint density at radius 3 is 2.48 bits per heavy atom. The molecule has 0 aromatic heterocycles. The predicted molar refractivity (Wildman–Crippen MR) is 87.7 cm³/mol. The number of carboxylic acid groups (broad SMARTS) is 1. The number of hydrogen-bond donors (Lipinski definition) is 1. The SMILES string of the molecule is Cc1cc(OCC(=O)N2CCC(C(=O)O)CC2)ccc1C(C)C. The minimum Gasteiger partial charge on any atom is -0.484 e. The average molecular weight is 319 g/mol. The molecule has 0 spiro atoms. The maximum atomic E-state index is 12.2. The molecule has 5 heteroatoms. The number of benzene rings is 1. The topological polar surface area (TPSA) is 66.8 Å². The minimum atomic E-state index is -0.769. The van der Waals surface area contributed by atoms with Gasteiger partial charge in [0.25, 0.3) is 5.91 Å². The molecule has 126 valence electrons. The lowest BCUT2D eigenvalue weighted by molar-refractivity contribution is -0.146. The van der Waals surface area contributed by atoms with Gasteiger partial charge in [-0.1, -0.05) is 19.9 Å². The van der Waals surface area contributed by atoms with Gasteiger partial charge in [-0.3, -0.25) is 9.59 Å². The van der Waals surface area contributed by atoms with Crippen molar-refractivity contribution in [3.05, 3.63) is 29.3 Å². The average Bonchev–Trinajstić information content (AvgIpc) is 2.52. The zero-order chi connectivity index (χ0) is 17.0. The van der Waals surface area contributed by atoms with E-state index >= 15 is 0 Å². The minimum absolute atomic E-state index is 0.00178. The number of aliphatic carboxylic acids is 1. The number of carboxylic acids is 1. The van der Waals surface area contributed by atoms with Crippen LogP contribution in [0.25, 0.3) is 0 Å². The number of likely N-dealkylation sites (tertiary alicyclic amines) is 1. The number of carbonyl (C=O) groups excluding carboxylic acids is 1. The van der Waals surface area contributed by atoms with Gasteiger partial charge in [-0.15, -0.1) is 0 Å². The Balaban J connectivity index is 1.85. The Labute approximate surface area is 137 Å². The maximum Gasteiger partial charge on any atom is 0.306 e. The number of piperidine rings is 1. The molecular weight excluding hydrogens is 294 g/mol. The second-order valence-corrected chi connectivity index (χ2v) is 6.46. The van der Waals surface area contributed by atoms with Crippen LogP contribution >= 0.6 is 0 Å². The summed E-state index contributed by atoms with van der Waals surface area (Å²) < 4.78 is 5.60. The molecule has 0 unspecified atom stereocenters. The van der Waals surface area contributed by atoms with Crippen LogP contribution in [0, 0.1) is 12.8 Å². The summed E-state index contributed by atoms with van der Waals surface area (Å²) in [5.41, 5.74) is 2.44. The summed E-state index contributed by atoms with van der Waals surface area (Å²) in [7, 11) is 0. The van der Waals surface area contributed by atoms with Crippen molar-refractivity contribution in [1.82, 2.24) is 4.90 Å². The molecule has 0 aliphatic carbocycles. The van der Waals surface area contributed by atoms with Crippen molar-refractivity contribution in [2.24, 2.45) is 5.92 Å². The first-order valence-corrected chi connectivity index (χ1v) is 8.12. The van der Waals surface area contributed by atoms with Gasteiger partial charge < -0.3 is 14.7 Å². The second-order valence-electron chi connectivity index (χ2n) is 6.46. The number of amides is 1. The Morgan fingerprint density at radius 2 is 1.96 bits per heavy atom. The molecule has 0 radical (unpaired) electrons. The van der Waals surface area contributed by atoms with Gasteiger partial charge in [0.2, 0.25) is 0 Å². The van der Waals surface area contributed by atoms with Crippen LogP contribution in [0.1, 0.15) is 43.7 Å². The second kappa shape index (κ2) is 7.49. The molecule has 1 saturated heterocycles. The number of rotatable bonds is 5. The monoisotopic (exact) mass is 319 g/mol. The zero-order valence-corrected chi connectivity index (χ0v) is 14.0. The number of carbonyl (C=O) groups is 2. The molecule has 1 heterocycles. The van der Waals surface area contributed by atoms with E-state index in [0.717, 1.165) is 5.56 Å². The molecule has 0 atom stereocenters. The fourth-order valence-electron chi connectivity index (χ4n) is 3.00. The van der Waals surface area contributed by atoms with Crippen LogP contribution < -0.4 is 4.74 Å². The van der Waals surface area contributed by atoms with Crippen molar-refractivity contribution in [1.29, 1.82) is 0 Å². The van der Waals surface area contributed by atoms with Gasteiger partial charge in [-0.25, -0.2) is 0 Å². The third-order valence-corrected chi connectivity index (χ3v) is 4.42. The summed E-state index contributed by atoms with van der Waals surface area (Å²) in [5, 5.41) is 8.97. The summed E-state index contributed by atoms with van der Waals surface area (Å²) in [5.74, 6) is -0.0263. The van der Waals surface area contributed by atoms with E-state index in [9.17, 15) is 9.59 Å². The molecule has 1 aliphatic rings. The Hall–Kier alpha value is -2.04. The lowest BCUT2D eigenvalue weighted by atomic mass is 9.97. The van der Waals surface area contributed by atoms with Crippen LogP contribution in [-0.4, -0.2) is 41.6 Å². The normalized spacial score (nSPS) is 15.7. The summed E-state index contributed by atoms with van der Waals surface area (Å²) in [6, 6.07) is 5.89. The van der Waals surface area contributed by atoms with E-state index in [-0.39, 0.29) is 18.4 Å². The smallest absolute Gasteiger partial charge is 0.306 e. The quantitative estimate of drug-likeness (QED) is 0.906. The van der Waals surface area contributed by atoms with Crippen LogP contribution in [-0.2, 0) is 9.59 Å². The van der Waals surface area contributed by atoms with Crippen LogP contribution in [0.15, 0.2) is 18.2 Å². The molecule has 1 amide bonds. The molecule has 1 aromatic carbocycles. The van der Waals surface area contributed by atoms with Crippen molar-refractivity contribution in [3.63, 3.8) is 0 Å². The van der Waals surface area contributed by atoms with E-state index in [1.807, 2.05) is 25.1 Å². The van der Waals surface area contributed by atoms with Gasteiger partial charge in [0.05, 0.1) is 5.92 Å². The van der Waals surface area contributed by atoms with Crippen LogP contribution in [0.3, 0.4) is 0 Å². The number of aryl methyl sites for hydroxylation is 1. The van der Waals surface area contributed by atoms with E-state index < -0.39 is 5.97 Å². The maximum absolute atomic E-state index is 12.2. The van der Waals surface area contributed by atoms with E-state index in [4.69, 9.17) is 9.84 Å². The third kappa shape index (κ3) is 4.47. The highest BCUT2D eigenvalue weighted by molar-refractivity contribution is 5.78. The summed E-state index contributed by atoms with van der Waals surface area (Å²) >= 11 is 0. The molecule has 2 rings (SSSR count). The first-order chi connectivity index (χ1) is 10.9. The lowest BCUT2D eigenvalue weighted by Crippen LogP contribution is -2.42. The van der Waals surface area contributed by atoms with Crippen molar-refractivity contribution in [3.8, 4) is 5.75 Å². The summed E-state index contributed by atoms with van der Waals surface area (Å²) in [6.45, 7) is 7.31. The molecule has 1 aromatic rings. The highest BCUT2D eigenvalue weighted by atomic mass is 16.5. The van der Waals surface area contributed by atoms with Crippen molar-refractivity contribution >= 4 is 11.9 Å². The zero-order valence-electron chi connectivity index (χ0n) is 14.0. The van der Waals surface area contributed by atoms with Gasteiger partial charge in [0.1, 0.15) is 5.75 Å². The van der Waals surface area contributed by atoms with Crippen LogP contribution in [0.5, 0.6) is 5.75 Å². The lowest BCUT2D eigenvalue weighted by Gasteiger charge is -2.30. The number of nitrogens with zero attached hydrogens (tertiary/aromatic N) is 1. The van der Waals surface area contributed by atoms with Gasteiger partial charge in [-0.2, -0.15) is 0 Å². The van der Waals surface area contributed by atoms with Crippen LogP contribution in [0.4, 0.5) is 0 Å². The third-order valence-electron chi connectivity index (χ3n) is 4.42. The fraction of sp³-hybridized carbons (Fsp3) is 0.556. The Kier molecular flexibility index (Phi) is 5.64. The standard InChI is InChI=1S/C18H25NO4/c1-12(2)16-5-4-15(10-13(16)3)23-11-17(20)19-8-6-14(7-9-19)18(21)22/h4-5,10,12,14H,6-9,11H2,1-3H3,(H,21,22). The first-order valence-electron chi connectivity index (χ1n) is 8.12. The van der Waals surface area contributed by atoms with E-state index in [2.05, 4.69) is 13.8 Å². The number of ether oxygens (including phenoxy) is 1. The van der Waals surface area contributed by atoms with Gasteiger partial charge in [0, 0.05) is 13.1 Å². The van der Waals surface area contributed by atoms with Gasteiger partial charge in [-0.05, 0) is 48.9 Å².